The summed E-state index contributed by atoms with van der Waals surface area (Å²) >= 11 is 2.60. The monoisotopic (exact) mass is 505 g/mol. The third-order valence-corrected chi connectivity index (χ3v) is 7.54. The molecule has 0 fully saturated rings. The largest absolute Gasteiger partial charge is 0.482 e. The van der Waals surface area contributed by atoms with Crippen LogP contribution in [-0.4, -0.2) is 40.6 Å². The second-order valence-corrected chi connectivity index (χ2v) is 10.1. The number of aromatic nitrogens is 2. The van der Waals surface area contributed by atoms with Crippen molar-refractivity contribution >= 4 is 50.7 Å². The number of rotatable bonds is 7. The zero-order valence-electron chi connectivity index (χ0n) is 19.3. The van der Waals surface area contributed by atoms with Crippen LogP contribution in [-0.2, 0) is 4.79 Å². The lowest BCUT2D eigenvalue weighted by molar-refractivity contribution is -0.121. The van der Waals surface area contributed by atoms with E-state index in [2.05, 4.69) is 9.97 Å². The number of benzene rings is 2. The molecule has 35 heavy (non-hydrogen) atoms. The number of Topliss-reactive ketones (excluding diaryl/α,β-unsaturated/α-hetero) is 1. The van der Waals surface area contributed by atoms with E-state index in [0.717, 1.165) is 23.1 Å². The minimum Gasteiger partial charge on any atom is -0.482 e. The van der Waals surface area contributed by atoms with E-state index < -0.39 is 0 Å². The quantitative estimate of drug-likeness (QED) is 0.214. The summed E-state index contributed by atoms with van der Waals surface area (Å²) in [6, 6.07) is 13.2. The molecule has 1 aliphatic heterocycles. The van der Waals surface area contributed by atoms with Crippen molar-refractivity contribution in [1.29, 1.82) is 0 Å². The van der Waals surface area contributed by atoms with Gasteiger partial charge < -0.3 is 14.6 Å². The number of thiophene rings is 1. The number of anilines is 1. The lowest BCUT2D eigenvalue weighted by Crippen LogP contribution is -2.39. The van der Waals surface area contributed by atoms with Crippen LogP contribution in [0.4, 0.5) is 5.69 Å². The number of aryl methyl sites for hydroxylation is 1. The van der Waals surface area contributed by atoms with E-state index in [4.69, 9.17) is 4.74 Å². The van der Waals surface area contributed by atoms with Crippen molar-refractivity contribution in [2.45, 2.75) is 25.4 Å². The molecule has 9 heteroatoms. The van der Waals surface area contributed by atoms with E-state index in [-0.39, 0.29) is 29.6 Å². The van der Waals surface area contributed by atoms with Gasteiger partial charge in [-0.15, -0.1) is 11.3 Å². The molecular formula is C26H23N3O4S2. The van der Waals surface area contributed by atoms with E-state index in [0.29, 0.717) is 38.9 Å². The van der Waals surface area contributed by atoms with Crippen LogP contribution in [0.1, 0.15) is 29.3 Å². The Morgan fingerprint density at radius 1 is 1.20 bits per heavy atom. The van der Waals surface area contributed by atoms with Gasteiger partial charge in [-0.05, 0) is 37.1 Å². The van der Waals surface area contributed by atoms with Crippen molar-refractivity contribution in [3.63, 3.8) is 0 Å². The molecule has 5 rings (SSSR count). The number of carbonyl (C=O) groups excluding carboxylic acids is 2. The number of nitrogens with one attached hydrogen (secondary N) is 1. The van der Waals surface area contributed by atoms with Crippen molar-refractivity contribution in [2.75, 3.05) is 23.8 Å². The molecule has 3 heterocycles. The number of thioether (sulfide) groups is 1. The van der Waals surface area contributed by atoms with Gasteiger partial charge in [0.15, 0.2) is 17.5 Å². The SMILES string of the molecule is CCCN1C(=O)COc2ccc(C(=O)CSc3nc4scc(-c5ccc(C)cc5)c4c(=O)[nH]3)cc21. The number of hydrogen-bond acceptors (Lipinski definition) is 7. The third kappa shape index (κ3) is 4.61. The van der Waals surface area contributed by atoms with Gasteiger partial charge in [0.25, 0.3) is 11.5 Å². The van der Waals surface area contributed by atoms with E-state index in [1.807, 2.05) is 43.5 Å². The number of H-pyrrole nitrogens is 1. The van der Waals surface area contributed by atoms with Gasteiger partial charge in [-0.25, -0.2) is 4.98 Å². The highest BCUT2D eigenvalue weighted by Gasteiger charge is 2.26. The molecule has 0 atom stereocenters. The van der Waals surface area contributed by atoms with E-state index in [9.17, 15) is 14.4 Å². The topological polar surface area (TPSA) is 92.4 Å². The second-order valence-electron chi connectivity index (χ2n) is 8.30. The fraction of sp³-hybridized carbons (Fsp3) is 0.231. The molecule has 0 bridgehead atoms. The van der Waals surface area contributed by atoms with Crippen LogP contribution in [0.2, 0.25) is 0 Å². The molecule has 0 spiro atoms. The first-order valence-electron chi connectivity index (χ1n) is 11.3. The highest BCUT2D eigenvalue weighted by Crippen LogP contribution is 2.34. The van der Waals surface area contributed by atoms with Gasteiger partial charge in [0.1, 0.15) is 10.6 Å². The molecule has 0 saturated heterocycles. The first-order valence-corrected chi connectivity index (χ1v) is 13.1. The maximum Gasteiger partial charge on any atom is 0.265 e. The minimum atomic E-state index is -0.221. The summed E-state index contributed by atoms with van der Waals surface area (Å²) in [4.78, 5) is 47.8. The average Bonchev–Trinajstić information content (AvgIpc) is 3.29. The summed E-state index contributed by atoms with van der Waals surface area (Å²) in [5, 5.41) is 2.90. The Morgan fingerprint density at radius 2 is 2.00 bits per heavy atom. The average molecular weight is 506 g/mol. The number of nitrogens with zero attached hydrogens (tertiary/aromatic N) is 2. The highest BCUT2D eigenvalue weighted by molar-refractivity contribution is 7.99. The standard InChI is InChI=1S/C26H23N3O4S2/c1-3-10-29-19-11-17(8-9-21(19)33-12-22(29)31)20(30)14-35-26-27-24(32)23-18(13-34-25(23)28-26)16-6-4-15(2)5-7-16/h4-9,11,13H,3,10,12,14H2,1-2H3,(H,27,28,32). The number of aromatic amines is 1. The van der Waals surface area contributed by atoms with Crippen molar-refractivity contribution in [2.24, 2.45) is 0 Å². The molecule has 1 aliphatic rings. The number of hydrogen-bond donors (Lipinski definition) is 1. The van der Waals surface area contributed by atoms with Crippen molar-refractivity contribution < 1.29 is 14.3 Å². The highest BCUT2D eigenvalue weighted by atomic mass is 32.2. The number of fused-ring (bicyclic) bond motifs is 2. The zero-order valence-corrected chi connectivity index (χ0v) is 20.9. The maximum atomic E-state index is 12.9. The third-order valence-electron chi connectivity index (χ3n) is 5.80. The summed E-state index contributed by atoms with van der Waals surface area (Å²) in [5.74, 6) is 0.461. The van der Waals surface area contributed by atoms with Crippen LogP contribution in [0.3, 0.4) is 0 Å². The molecule has 2 aromatic carbocycles. The van der Waals surface area contributed by atoms with Crippen LogP contribution in [0.25, 0.3) is 21.3 Å². The lowest BCUT2D eigenvalue weighted by atomic mass is 10.1. The summed E-state index contributed by atoms with van der Waals surface area (Å²) in [7, 11) is 0. The lowest BCUT2D eigenvalue weighted by Gasteiger charge is -2.29. The Balaban J connectivity index is 1.35. The molecule has 7 nitrogen and oxygen atoms in total. The fourth-order valence-electron chi connectivity index (χ4n) is 4.00. The van der Waals surface area contributed by atoms with Crippen molar-refractivity contribution in [3.8, 4) is 16.9 Å². The second kappa shape index (κ2) is 9.67. The molecule has 4 aromatic rings. The van der Waals surface area contributed by atoms with Crippen molar-refractivity contribution in [3.05, 3.63) is 69.3 Å². The molecule has 0 radical (unpaired) electrons. The van der Waals surface area contributed by atoms with E-state index >= 15 is 0 Å². The van der Waals surface area contributed by atoms with Gasteiger partial charge in [-0.3, -0.25) is 14.4 Å². The van der Waals surface area contributed by atoms with E-state index in [1.165, 1.54) is 23.1 Å². The first kappa shape index (κ1) is 23.3. The van der Waals surface area contributed by atoms with Gasteiger partial charge >= 0.3 is 0 Å². The zero-order chi connectivity index (χ0) is 24.5. The molecule has 1 amide bonds. The normalized spacial score (nSPS) is 13.1. The van der Waals surface area contributed by atoms with Crippen LogP contribution in [0.15, 0.2) is 57.8 Å². The minimum absolute atomic E-state index is 0.00596. The first-order chi connectivity index (χ1) is 16.9. The maximum absolute atomic E-state index is 12.9. The summed E-state index contributed by atoms with van der Waals surface area (Å²) in [6.07, 6.45) is 0.801. The summed E-state index contributed by atoms with van der Waals surface area (Å²) in [6.45, 7) is 4.59. The Kier molecular flexibility index (Phi) is 6.44. The number of ether oxygens (including phenoxy) is 1. The molecule has 0 unspecified atom stereocenters. The number of amides is 1. The molecule has 1 N–H and O–H groups in total. The molecule has 0 aliphatic carbocycles. The van der Waals surface area contributed by atoms with Gasteiger partial charge in [0.05, 0.1) is 16.8 Å². The van der Waals surface area contributed by atoms with Crippen LogP contribution in [0, 0.1) is 6.92 Å². The fourth-order valence-corrected chi connectivity index (χ4v) is 5.77. The summed E-state index contributed by atoms with van der Waals surface area (Å²) < 4.78 is 5.51. The predicted octanol–water partition coefficient (Wildman–Crippen LogP) is 5.07. The molecular weight excluding hydrogens is 482 g/mol. The molecule has 178 valence electrons. The van der Waals surface area contributed by atoms with Crippen LogP contribution in [0.5, 0.6) is 5.75 Å². The van der Waals surface area contributed by atoms with Gasteiger partial charge in [-0.2, -0.15) is 0 Å². The Hall–Kier alpha value is -3.43. The Bertz CT molecular complexity index is 1490. The molecule has 2 aromatic heterocycles. The van der Waals surface area contributed by atoms with Crippen LogP contribution < -0.4 is 15.2 Å². The van der Waals surface area contributed by atoms with E-state index in [1.54, 1.807) is 23.1 Å². The molecule has 0 saturated carbocycles. The number of carbonyl (C=O) groups is 2. The predicted molar refractivity (Wildman–Crippen MR) is 140 cm³/mol. The van der Waals surface area contributed by atoms with Gasteiger partial charge in [-0.1, -0.05) is 48.5 Å². The van der Waals surface area contributed by atoms with Crippen molar-refractivity contribution in [1.82, 2.24) is 9.97 Å². The smallest absolute Gasteiger partial charge is 0.265 e. The summed E-state index contributed by atoms with van der Waals surface area (Å²) in [5.41, 5.74) is 3.86. The Labute approximate surface area is 210 Å². The van der Waals surface area contributed by atoms with Crippen LogP contribution >= 0.6 is 23.1 Å². The number of ketones is 1. The Morgan fingerprint density at radius 3 is 2.77 bits per heavy atom. The van der Waals surface area contributed by atoms with Gasteiger partial charge in [0, 0.05) is 23.1 Å². The van der Waals surface area contributed by atoms with Gasteiger partial charge in [0.2, 0.25) is 0 Å².